The van der Waals surface area contributed by atoms with E-state index in [9.17, 15) is 9.90 Å². The third-order valence-corrected chi connectivity index (χ3v) is 3.05. The fourth-order valence-corrected chi connectivity index (χ4v) is 2.07. The van der Waals surface area contributed by atoms with Crippen LogP contribution in [0.3, 0.4) is 0 Å². The molecule has 1 aliphatic heterocycles. The molecule has 1 fully saturated rings. The number of nitrogens with one attached hydrogen (secondary N) is 1. The smallest absolute Gasteiger partial charge is 0.207 e. The first kappa shape index (κ1) is 12.3. The van der Waals surface area contributed by atoms with E-state index in [0.29, 0.717) is 25.3 Å². The molecule has 1 aromatic rings. The number of aliphatic hydroxyl groups is 1. The van der Waals surface area contributed by atoms with Crippen molar-refractivity contribution in [2.45, 2.75) is 6.04 Å². The number of amides is 1. The Hall–Kier alpha value is -2.20. The number of hydrogen-bond donors (Lipinski definition) is 2. The Morgan fingerprint density at radius 3 is 2.94 bits per heavy atom. The average molecular weight is 247 g/mol. The van der Waals surface area contributed by atoms with Crippen LogP contribution in [0.15, 0.2) is 12.1 Å². The zero-order chi connectivity index (χ0) is 13.0. The minimum atomic E-state index is -0.0926. The predicted molar refractivity (Wildman–Crippen MR) is 62.5 cm³/mol. The van der Waals surface area contributed by atoms with Crippen LogP contribution in [0.1, 0.15) is 5.69 Å². The second-order valence-corrected chi connectivity index (χ2v) is 4.13. The molecular weight excluding hydrogens is 234 g/mol. The lowest BCUT2D eigenvalue weighted by Gasteiger charge is -2.15. The molecule has 94 valence electrons. The van der Waals surface area contributed by atoms with E-state index in [1.54, 1.807) is 12.1 Å². The van der Waals surface area contributed by atoms with Gasteiger partial charge in [0.2, 0.25) is 6.41 Å². The van der Waals surface area contributed by atoms with E-state index in [1.165, 1.54) is 0 Å². The molecule has 0 aromatic carbocycles. The van der Waals surface area contributed by atoms with Crippen LogP contribution in [0.5, 0.6) is 0 Å². The van der Waals surface area contributed by atoms with E-state index < -0.39 is 0 Å². The molecular formula is C11H13N5O2. The number of carbonyl (C=O) groups is 1. The molecule has 0 bridgehead atoms. The van der Waals surface area contributed by atoms with Gasteiger partial charge in [-0.3, -0.25) is 4.79 Å². The van der Waals surface area contributed by atoms with Crippen molar-refractivity contribution in [2.24, 2.45) is 5.92 Å². The second kappa shape index (κ2) is 5.42. The minimum Gasteiger partial charge on any atom is -0.396 e. The van der Waals surface area contributed by atoms with Crippen molar-refractivity contribution >= 4 is 12.2 Å². The number of aromatic nitrogens is 2. The summed E-state index contributed by atoms with van der Waals surface area (Å²) < 4.78 is 0. The van der Waals surface area contributed by atoms with Gasteiger partial charge >= 0.3 is 0 Å². The molecule has 2 heterocycles. The van der Waals surface area contributed by atoms with Crippen molar-refractivity contribution in [3.05, 3.63) is 17.8 Å². The van der Waals surface area contributed by atoms with Crippen LogP contribution < -0.4 is 10.2 Å². The lowest BCUT2D eigenvalue weighted by molar-refractivity contribution is -0.110. The van der Waals surface area contributed by atoms with Gasteiger partial charge in [-0.05, 0) is 12.1 Å². The maximum Gasteiger partial charge on any atom is 0.207 e. The lowest BCUT2D eigenvalue weighted by atomic mass is 10.1. The van der Waals surface area contributed by atoms with Gasteiger partial charge in [-0.15, -0.1) is 10.2 Å². The van der Waals surface area contributed by atoms with E-state index in [4.69, 9.17) is 5.26 Å². The fraction of sp³-hybridized carbons (Fsp3) is 0.455. The molecule has 0 aliphatic carbocycles. The van der Waals surface area contributed by atoms with Gasteiger partial charge in [-0.25, -0.2) is 0 Å². The first-order valence-corrected chi connectivity index (χ1v) is 5.57. The molecule has 2 atom stereocenters. The van der Waals surface area contributed by atoms with Gasteiger partial charge in [0.15, 0.2) is 11.5 Å². The Kier molecular flexibility index (Phi) is 3.69. The Balaban J connectivity index is 2.10. The number of anilines is 1. The van der Waals surface area contributed by atoms with Gasteiger partial charge in [0.1, 0.15) is 6.07 Å². The molecule has 18 heavy (non-hydrogen) atoms. The molecule has 7 nitrogen and oxygen atoms in total. The summed E-state index contributed by atoms with van der Waals surface area (Å²) >= 11 is 0. The molecule has 0 radical (unpaired) electrons. The fourth-order valence-electron chi connectivity index (χ4n) is 2.07. The van der Waals surface area contributed by atoms with Crippen LogP contribution in [0, 0.1) is 17.2 Å². The zero-order valence-electron chi connectivity index (χ0n) is 9.65. The molecule has 0 spiro atoms. The summed E-state index contributed by atoms with van der Waals surface area (Å²) in [7, 11) is 0. The normalized spacial score (nSPS) is 22.6. The van der Waals surface area contributed by atoms with Crippen molar-refractivity contribution in [1.82, 2.24) is 15.5 Å². The first-order chi connectivity index (χ1) is 8.78. The number of nitrogens with zero attached hydrogens (tertiary/aromatic N) is 4. The highest BCUT2D eigenvalue weighted by Crippen LogP contribution is 2.21. The van der Waals surface area contributed by atoms with Crippen LogP contribution in [-0.2, 0) is 4.79 Å². The van der Waals surface area contributed by atoms with Crippen molar-refractivity contribution in [1.29, 1.82) is 5.26 Å². The van der Waals surface area contributed by atoms with E-state index >= 15 is 0 Å². The summed E-state index contributed by atoms with van der Waals surface area (Å²) in [5, 5.41) is 28.3. The van der Waals surface area contributed by atoms with Gasteiger partial charge in [-0.2, -0.15) is 5.26 Å². The van der Waals surface area contributed by atoms with Crippen LogP contribution in [0.4, 0.5) is 5.82 Å². The number of nitriles is 1. The van der Waals surface area contributed by atoms with E-state index in [1.807, 2.05) is 11.0 Å². The Bertz CT molecular complexity index is 455. The van der Waals surface area contributed by atoms with Crippen molar-refractivity contribution in [2.75, 3.05) is 24.6 Å². The molecule has 0 saturated carbocycles. The molecule has 2 unspecified atom stereocenters. The summed E-state index contributed by atoms with van der Waals surface area (Å²) in [5.74, 6) is 0.621. The van der Waals surface area contributed by atoms with Crippen molar-refractivity contribution in [3.8, 4) is 6.07 Å². The molecule has 1 saturated heterocycles. The van der Waals surface area contributed by atoms with Gasteiger partial charge in [-0.1, -0.05) is 0 Å². The van der Waals surface area contributed by atoms with Crippen LogP contribution in [0.2, 0.25) is 0 Å². The van der Waals surface area contributed by atoms with E-state index in [2.05, 4.69) is 15.5 Å². The standard InChI is InChI=1S/C11H13N5O2/c12-3-9-1-2-11(15-14-9)16-4-8(6-17)10(5-16)13-7-18/h1-2,7-8,10,17H,4-6H2,(H,13,18). The largest absolute Gasteiger partial charge is 0.396 e. The van der Waals surface area contributed by atoms with E-state index in [0.717, 1.165) is 0 Å². The van der Waals surface area contributed by atoms with Crippen LogP contribution >= 0.6 is 0 Å². The molecule has 1 amide bonds. The maximum absolute atomic E-state index is 10.5. The third-order valence-electron chi connectivity index (χ3n) is 3.05. The summed E-state index contributed by atoms with van der Waals surface area (Å²) in [5.41, 5.74) is 0.263. The molecule has 1 aromatic heterocycles. The van der Waals surface area contributed by atoms with Crippen LogP contribution in [-0.4, -0.2) is 47.5 Å². The van der Waals surface area contributed by atoms with Crippen LogP contribution in [0.25, 0.3) is 0 Å². The minimum absolute atomic E-state index is 0.00567. The lowest BCUT2D eigenvalue weighted by Crippen LogP contribution is -2.36. The average Bonchev–Trinajstić information content (AvgIpc) is 2.82. The number of hydrogen-bond acceptors (Lipinski definition) is 6. The highest BCUT2D eigenvalue weighted by Gasteiger charge is 2.32. The number of rotatable bonds is 4. The number of carbonyl (C=O) groups excluding carboxylic acids is 1. The molecule has 1 aliphatic rings. The quantitative estimate of drug-likeness (QED) is 0.654. The van der Waals surface area contributed by atoms with Gasteiger partial charge in [0.05, 0.1) is 6.04 Å². The second-order valence-electron chi connectivity index (χ2n) is 4.13. The summed E-state index contributed by atoms with van der Waals surface area (Å²) in [6, 6.07) is 5.12. The Morgan fingerprint density at radius 2 is 2.39 bits per heavy atom. The van der Waals surface area contributed by atoms with Gasteiger partial charge in [0.25, 0.3) is 0 Å². The predicted octanol–water partition coefficient (Wildman–Crippen LogP) is -1.11. The SMILES string of the molecule is N#Cc1ccc(N2CC(CO)C(NC=O)C2)nn1. The van der Waals surface area contributed by atoms with Gasteiger partial charge < -0.3 is 15.3 Å². The van der Waals surface area contributed by atoms with E-state index in [-0.39, 0.29) is 24.3 Å². The van der Waals surface area contributed by atoms with Gasteiger partial charge in [0, 0.05) is 25.6 Å². The summed E-state index contributed by atoms with van der Waals surface area (Å²) in [6.07, 6.45) is 0.640. The summed E-state index contributed by atoms with van der Waals surface area (Å²) in [4.78, 5) is 12.4. The Labute approximate surface area is 104 Å². The highest BCUT2D eigenvalue weighted by atomic mass is 16.3. The van der Waals surface area contributed by atoms with Crippen molar-refractivity contribution in [3.63, 3.8) is 0 Å². The maximum atomic E-state index is 10.5. The molecule has 2 rings (SSSR count). The topological polar surface area (TPSA) is 102 Å². The van der Waals surface area contributed by atoms with Crippen molar-refractivity contribution < 1.29 is 9.90 Å². The highest BCUT2D eigenvalue weighted by molar-refractivity contribution is 5.49. The zero-order valence-corrected chi connectivity index (χ0v) is 9.65. The number of aliphatic hydroxyl groups excluding tert-OH is 1. The monoisotopic (exact) mass is 247 g/mol. The molecule has 2 N–H and O–H groups in total. The molecule has 7 heteroatoms. The Morgan fingerprint density at radius 1 is 1.56 bits per heavy atom. The summed E-state index contributed by atoms with van der Waals surface area (Å²) in [6.45, 7) is 1.18. The first-order valence-electron chi connectivity index (χ1n) is 5.57. The third kappa shape index (κ3) is 2.38.